The molecule has 1 aromatic carbocycles. The van der Waals surface area contributed by atoms with Crippen LogP contribution in [0.25, 0.3) is 21.8 Å². The molecule has 0 N–H and O–H groups in total. The Hall–Kier alpha value is -1.96. The highest BCUT2D eigenvalue weighted by Crippen LogP contribution is 2.21. The van der Waals surface area contributed by atoms with Gasteiger partial charge in [0.2, 0.25) is 0 Å². The van der Waals surface area contributed by atoms with Crippen LogP contribution < -0.4 is 0 Å². The quantitative estimate of drug-likeness (QED) is 0.514. The molecule has 0 atom stereocenters. The first-order chi connectivity index (χ1) is 7.34. The summed E-state index contributed by atoms with van der Waals surface area (Å²) in [6, 6.07) is 10.2. The van der Waals surface area contributed by atoms with E-state index in [0.717, 1.165) is 21.8 Å². The zero-order chi connectivity index (χ0) is 10.3. The second-order valence-electron chi connectivity index (χ2n) is 3.72. The number of nitrogens with zero attached hydrogens (tertiary/aromatic N) is 2. The van der Waals surface area contributed by atoms with Gasteiger partial charge in [-0.3, -0.25) is 9.97 Å². The molecule has 0 radical (unpaired) electrons. The second kappa shape index (κ2) is 3.02. The number of pyridine rings is 2. The Morgan fingerprint density at radius 1 is 1.07 bits per heavy atom. The fraction of sp³-hybridized carbons (Fsp3) is 0.0769. The lowest BCUT2D eigenvalue weighted by molar-refractivity contribution is 1.37. The lowest BCUT2D eigenvalue weighted by atomic mass is 10.1. The first-order valence-electron chi connectivity index (χ1n) is 4.95. The van der Waals surface area contributed by atoms with Crippen molar-refractivity contribution in [3.8, 4) is 0 Å². The molecular weight excluding hydrogens is 184 g/mol. The Kier molecular flexibility index (Phi) is 1.68. The van der Waals surface area contributed by atoms with E-state index in [1.54, 1.807) is 0 Å². The van der Waals surface area contributed by atoms with Gasteiger partial charge in [-0.15, -0.1) is 0 Å². The minimum atomic E-state index is 1.02. The SMILES string of the molecule is Cc1ccc2c(c1)ncc1cccnc12. The van der Waals surface area contributed by atoms with E-state index in [1.165, 1.54) is 5.56 Å². The lowest BCUT2D eigenvalue weighted by Gasteiger charge is -2.02. The molecule has 72 valence electrons. The highest BCUT2D eigenvalue weighted by atomic mass is 14.7. The van der Waals surface area contributed by atoms with Crippen LogP contribution in [0.3, 0.4) is 0 Å². The highest BCUT2D eigenvalue weighted by Gasteiger charge is 2.01. The van der Waals surface area contributed by atoms with Gasteiger partial charge in [-0.25, -0.2) is 0 Å². The fourth-order valence-electron chi connectivity index (χ4n) is 1.83. The van der Waals surface area contributed by atoms with Gasteiger partial charge in [0, 0.05) is 23.2 Å². The maximum Gasteiger partial charge on any atom is 0.0811 e. The molecule has 0 aliphatic heterocycles. The van der Waals surface area contributed by atoms with Gasteiger partial charge in [-0.1, -0.05) is 12.1 Å². The summed E-state index contributed by atoms with van der Waals surface area (Å²) in [5, 5.41) is 2.22. The van der Waals surface area contributed by atoms with E-state index in [-0.39, 0.29) is 0 Å². The van der Waals surface area contributed by atoms with Crippen LogP contribution in [0.15, 0.2) is 42.7 Å². The molecule has 15 heavy (non-hydrogen) atoms. The number of benzene rings is 1. The molecule has 0 spiro atoms. The fourth-order valence-corrected chi connectivity index (χ4v) is 1.83. The molecule has 0 saturated heterocycles. The normalized spacial score (nSPS) is 11.0. The first-order valence-corrected chi connectivity index (χ1v) is 4.95. The highest BCUT2D eigenvalue weighted by molar-refractivity contribution is 6.02. The van der Waals surface area contributed by atoms with Crippen molar-refractivity contribution in [2.45, 2.75) is 6.92 Å². The summed E-state index contributed by atoms with van der Waals surface area (Å²) in [5.74, 6) is 0. The van der Waals surface area contributed by atoms with Crippen LogP contribution >= 0.6 is 0 Å². The summed E-state index contributed by atoms with van der Waals surface area (Å²) in [5.41, 5.74) is 3.27. The molecule has 0 amide bonds. The molecule has 2 heteroatoms. The van der Waals surface area contributed by atoms with Crippen molar-refractivity contribution in [2.75, 3.05) is 0 Å². The van der Waals surface area contributed by atoms with Crippen LogP contribution in [0.4, 0.5) is 0 Å². The Bertz CT molecular complexity index is 644. The smallest absolute Gasteiger partial charge is 0.0811 e. The van der Waals surface area contributed by atoms with Gasteiger partial charge in [-0.2, -0.15) is 0 Å². The number of hydrogen-bond donors (Lipinski definition) is 0. The van der Waals surface area contributed by atoms with Crippen molar-refractivity contribution in [3.63, 3.8) is 0 Å². The minimum Gasteiger partial charge on any atom is -0.255 e. The predicted octanol–water partition coefficient (Wildman–Crippen LogP) is 3.09. The molecule has 2 heterocycles. The van der Waals surface area contributed by atoms with Gasteiger partial charge in [0.1, 0.15) is 0 Å². The Labute approximate surface area is 87.6 Å². The number of aryl methyl sites for hydroxylation is 1. The molecule has 2 nitrogen and oxygen atoms in total. The Balaban J connectivity index is 2.55. The third-order valence-electron chi connectivity index (χ3n) is 2.59. The molecule has 0 aliphatic rings. The molecule has 3 rings (SSSR count). The minimum absolute atomic E-state index is 1.02. The van der Waals surface area contributed by atoms with Crippen molar-refractivity contribution in [1.82, 2.24) is 9.97 Å². The van der Waals surface area contributed by atoms with Crippen molar-refractivity contribution in [3.05, 3.63) is 48.3 Å². The van der Waals surface area contributed by atoms with Gasteiger partial charge in [-0.05, 0) is 30.7 Å². The van der Waals surface area contributed by atoms with E-state index in [4.69, 9.17) is 0 Å². The second-order valence-corrected chi connectivity index (χ2v) is 3.72. The largest absolute Gasteiger partial charge is 0.255 e. The molecule has 0 fully saturated rings. The molecule has 0 saturated carbocycles. The third kappa shape index (κ3) is 1.26. The van der Waals surface area contributed by atoms with E-state index < -0.39 is 0 Å². The van der Waals surface area contributed by atoms with Gasteiger partial charge >= 0.3 is 0 Å². The van der Waals surface area contributed by atoms with E-state index in [0.29, 0.717) is 0 Å². The number of rotatable bonds is 0. The van der Waals surface area contributed by atoms with Crippen molar-refractivity contribution in [2.24, 2.45) is 0 Å². The molecule has 2 aromatic heterocycles. The zero-order valence-electron chi connectivity index (χ0n) is 8.44. The van der Waals surface area contributed by atoms with Crippen LogP contribution in [0.1, 0.15) is 5.56 Å². The maximum atomic E-state index is 4.43. The number of hydrogen-bond acceptors (Lipinski definition) is 2. The van der Waals surface area contributed by atoms with Crippen LogP contribution in [-0.4, -0.2) is 9.97 Å². The maximum absolute atomic E-state index is 4.43. The Morgan fingerprint density at radius 3 is 2.93 bits per heavy atom. The van der Waals surface area contributed by atoms with E-state index in [9.17, 15) is 0 Å². The number of fused-ring (bicyclic) bond motifs is 3. The molecule has 0 aliphatic carbocycles. The van der Waals surface area contributed by atoms with Gasteiger partial charge < -0.3 is 0 Å². The van der Waals surface area contributed by atoms with Crippen molar-refractivity contribution >= 4 is 21.8 Å². The summed E-state index contributed by atoms with van der Waals surface area (Å²) < 4.78 is 0. The Morgan fingerprint density at radius 2 is 2.00 bits per heavy atom. The summed E-state index contributed by atoms with van der Waals surface area (Å²) in [7, 11) is 0. The van der Waals surface area contributed by atoms with Crippen LogP contribution in [0.2, 0.25) is 0 Å². The summed E-state index contributed by atoms with van der Waals surface area (Å²) in [4.78, 5) is 8.83. The van der Waals surface area contributed by atoms with Gasteiger partial charge in [0.25, 0.3) is 0 Å². The average molecular weight is 194 g/mol. The summed E-state index contributed by atoms with van der Waals surface area (Å²) in [6.07, 6.45) is 3.70. The number of aromatic nitrogens is 2. The van der Waals surface area contributed by atoms with Crippen molar-refractivity contribution in [1.29, 1.82) is 0 Å². The third-order valence-corrected chi connectivity index (χ3v) is 2.59. The van der Waals surface area contributed by atoms with Crippen LogP contribution in [0.5, 0.6) is 0 Å². The van der Waals surface area contributed by atoms with Crippen LogP contribution in [-0.2, 0) is 0 Å². The van der Waals surface area contributed by atoms with E-state index in [2.05, 4.69) is 35.1 Å². The topological polar surface area (TPSA) is 25.8 Å². The molecular formula is C13H10N2. The molecule has 0 unspecified atom stereocenters. The monoisotopic (exact) mass is 194 g/mol. The lowest BCUT2D eigenvalue weighted by Crippen LogP contribution is -1.85. The summed E-state index contributed by atoms with van der Waals surface area (Å²) in [6.45, 7) is 2.07. The van der Waals surface area contributed by atoms with Gasteiger partial charge in [0.05, 0.1) is 11.0 Å². The molecule has 3 aromatic rings. The summed E-state index contributed by atoms with van der Waals surface area (Å²) >= 11 is 0. The average Bonchev–Trinajstić information content (AvgIpc) is 2.28. The van der Waals surface area contributed by atoms with Gasteiger partial charge in [0.15, 0.2) is 0 Å². The first kappa shape index (κ1) is 8.36. The standard InChI is InChI=1S/C13H10N2/c1-9-4-5-11-12(7-9)15-8-10-3-2-6-14-13(10)11/h2-8H,1H3. The van der Waals surface area contributed by atoms with E-state index in [1.807, 2.05) is 24.5 Å². The predicted molar refractivity (Wildman–Crippen MR) is 61.8 cm³/mol. The van der Waals surface area contributed by atoms with Crippen LogP contribution in [0, 0.1) is 6.92 Å². The zero-order valence-corrected chi connectivity index (χ0v) is 8.44. The van der Waals surface area contributed by atoms with E-state index >= 15 is 0 Å². The molecule has 0 bridgehead atoms. The van der Waals surface area contributed by atoms with Crippen molar-refractivity contribution < 1.29 is 0 Å².